The molecule has 1 aliphatic heterocycles. The lowest BCUT2D eigenvalue weighted by atomic mass is 10.1. The highest BCUT2D eigenvalue weighted by molar-refractivity contribution is 9.10. The van der Waals surface area contributed by atoms with E-state index in [9.17, 15) is 4.79 Å². The number of hydrogen-bond acceptors (Lipinski definition) is 2. The molecule has 3 heteroatoms. The van der Waals surface area contributed by atoms with Crippen LogP contribution in [0.4, 0.5) is 0 Å². The topological polar surface area (TPSA) is 26.3 Å². The van der Waals surface area contributed by atoms with E-state index in [-0.39, 0.29) is 5.78 Å². The van der Waals surface area contributed by atoms with Gasteiger partial charge in [0.2, 0.25) is 5.78 Å². The first kappa shape index (κ1) is 10.4. The van der Waals surface area contributed by atoms with Crippen molar-refractivity contribution in [3.8, 4) is 0 Å². The molecule has 0 fully saturated rings. The zero-order chi connectivity index (χ0) is 10.8. The first-order valence-corrected chi connectivity index (χ1v) is 5.61. The predicted molar refractivity (Wildman–Crippen MR) is 61.9 cm³/mol. The van der Waals surface area contributed by atoms with E-state index in [2.05, 4.69) is 15.9 Å². The van der Waals surface area contributed by atoms with Gasteiger partial charge >= 0.3 is 0 Å². The number of allylic oxidation sites excluding steroid dienone is 1. The molecule has 1 aromatic carbocycles. The third-order valence-electron chi connectivity index (χ3n) is 2.23. The van der Waals surface area contributed by atoms with Crippen molar-refractivity contribution in [3.05, 3.63) is 45.6 Å². The molecule has 0 aliphatic carbocycles. The summed E-state index contributed by atoms with van der Waals surface area (Å²) in [7, 11) is 0. The van der Waals surface area contributed by atoms with E-state index in [4.69, 9.17) is 4.74 Å². The molecule has 0 saturated heterocycles. The van der Waals surface area contributed by atoms with E-state index in [1.54, 1.807) is 0 Å². The summed E-state index contributed by atoms with van der Waals surface area (Å²) >= 11 is 3.38. The molecule has 0 atom stereocenters. The zero-order valence-corrected chi connectivity index (χ0v) is 10.0. The Bertz CT molecular complexity index is 415. The second-order valence-corrected chi connectivity index (χ2v) is 4.47. The fourth-order valence-electron chi connectivity index (χ4n) is 1.59. The Balaban J connectivity index is 2.32. The first-order chi connectivity index (χ1) is 7.16. The molecule has 0 spiro atoms. The molecule has 0 unspecified atom stereocenters. The maximum absolute atomic E-state index is 11.9. The highest BCUT2D eigenvalue weighted by atomic mass is 79.9. The van der Waals surface area contributed by atoms with E-state index in [0.717, 1.165) is 16.5 Å². The molecular formula is C12H11BrO2. The standard InChI is InChI=1S/C12H11BrO2/c1-8-5-9(7-10(13)6-8)12(14)11-3-2-4-15-11/h3,5-7H,2,4H2,1H3. The van der Waals surface area contributed by atoms with E-state index >= 15 is 0 Å². The van der Waals surface area contributed by atoms with Crippen molar-refractivity contribution in [1.29, 1.82) is 0 Å². The molecule has 78 valence electrons. The van der Waals surface area contributed by atoms with Crippen molar-refractivity contribution >= 4 is 21.7 Å². The van der Waals surface area contributed by atoms with Gasteiger partial charge in [0.05, 0.1) is 6.61 Å². The minimum atomic E-state index is -0.0306. The monoisotopic (exact) mass is 266 g/mol. The fourth-order valence-corrected chi connectivity index (χ4v) is 2.19. The van der Waals surface area contributed by atoms with Crippen molar-refractivity contribution in [3.63, 3.8) is 0 Å². The molecule has 0 aromatic heterocycles. The average molecular weight is 267 g/mol. The molecule has 2 nitrogen and oxygen atoms in total. The summed E-state index contributed by atoms with van der Waals surface area (Å²) in [5.74, 6) is 0.449. The van der Waals surface area contributed by atoms with Gasteiger partial charge in [0.15, 0.2) is 5.76 Å². The number of carbonyl (C=O) groups is 1. The molecule has 0 radical (unpaired) electrons. The quantitative estimate of drug-likeness (QED) is 0.769. The molecule has 2 rings (SSSR count). The highest BCUT2D eigenvalue weighted by Gasteiger charge is 2.17. The van der Waals surface area contributed by atoms with Gasteiger partial charge in [-0.05, 0) is 36.8 Å². The molecule has 0 bridgehead atoms. The number of aryl methyl sites for hydroxylation is 1. The summed E-state index contributed by atoms with van der Waals surface area (Å²) in [6, 6.07) is 5.66. The van der Waals surface area contributed by atoms with Crippen LogP contribution in [0, 0.1) is 6.92 Å². The lowest BCUT2D eigenvalue weighted by Gasteiger charge is -2.04. The Morgan fingerprint density at radius 3 is 2.80 bits per heavy atom. The third-order valence-corrected chi connectivity index (χ3v) is 2.69. The van der Waals surface area contributed by atoms with Gasteiger partial charge in [0.25, 0.3) is 0 Å². The van der Waals surface area contributed by atoms with Gasteiger partial charge in [-0.15, -0.1) is 0 Å². The number of hydrogen-bond donors (Lipinski definition) is 0. The van der Waals surface area contributed by atoms with Gasteiger partial charge in [0, 0.05) is 16.5 Å². The van der Waals surface area contributed by atoms with Crippen molar-refractivity contribution < 1.29 is 9.53 Å². The predicted octanol–water partition coefficient (Wildman–Crippen LogP) is 3.24. The van der Waals surface area contributed by atoms with E-state index < -0.39 is 0 Å². The summed E-state index contributed by atoms with van der Waals surface area (Å²) in [5, 5.41) is 0. The molecule has 1 heterocycles. The smallest absolute Gasteiger partial charge is 0.227 e. The van der Waals surface area contributed by atoms with Crippen LogP contribution in [0.3, 0.4) is 0 Å². The maximum Gasteiger partial charge on any atom is 0.227 e. The first-order valence-electron chi connectivity index (χ1n) is 4.81. The number of rotatable bonds is 2. The molecule has 0 N–H and O–H groups in total. The van der Waals surface area contributed by atoms with Gasteiger partial charge in [0.1, 0.15) is 0 Å². The van der Waals surface area contributed by atoms with E-state index in [1.807, 2.05) is 31.2 Å². The van der Waals surface area contributed by atoms with E-state index in [0.29, 0.717) is 17.9 Å². The van der Waals surface area contributed by atoms with Gasteiger partial charge < -0.3 is 4.74 Å². The molecule has 1 aromatic rings. The minimum Gasteiger partial charge on any atom is -0.489 e. The van der Waals surface area contributed by atoms with Gasteiger partial charge in [-0.2, -0.15) is 0 Å². The average Bonchev–Trinajstić information content (AvgIpc) is 2.67. The van der Waals surface area contributed by atoms with Crippen molar-refractivity contribution in [2.75, 3.05) is 6.61 Å². The van der Waals surface area contributed by atoms with Crippen LogP contribution in [-0.2, 0) is 4.74 Å². The second-order valence-electron chi connectivity index (χ2n) is 3.55. The lowest BCUT2D eigenvalue weighted by molar-refractivity contribution is 0.0942. The number of halogens is 1. The van der Waals surface area contributed by atoms with Crippen molar-refractivity contribution in [2.45, 2.75) is 13.3 Å². The number of ketones is 1. The van der Waals surface area contributed by atoms with Gasteiger partial charge in [-0.1, -0.05) is 15.9 Å². The van der Waals surface area contributed by atoms with Crippen LogP contribution in [0.15, 0.2) is 34.5 Å². The zero-order valence-electron chi connectivity index (χ0n) is 8.42. The Kier molecular flexibility index (Phi) is 2.91. The van der Waals surface area contributed by atoms with Crippen LogP contribution < -0.4 is 0 Å². The Labute approximate surface area is 97.1 Å². The summed E-state index contributed by atoms with van der Waals surface area (Å²) in [5.41, 5.74) is 1.74. The number of carbonyl (C=O) groups excluding carboxylic acids is 1. The van der Waals surface area contributed by atoms with Crippen LogP contribution in [0.25, 0.3) is 0 Å². The number of benzene rings is 1. The second kappa shape index (κ2) is 4.19. The highest BCUT2D eigenvalue weighted by Crippen LogP contribution is 2.20. The molecular weight excluding hydrogens is 256 g/mol. The summed E-state index contributed by atoms with van der Waals surface area (Å²) in [4.78, 5) is 11.9. The third kappa shape index (κ3) is 2.29. The largest absolute Gasteiger partial charge is 0.489 e. The Morgan fingerprint density at radius 1 is 1.40 bits per heavy atom. The minimum absolute atomic E-state index is 0.0306. The Morgan fingerprint density at radius 2 is 2.20 bits per heavy atom. The number of ether oxygens (including phenoxy) is 1. The summed E-state index contributed by atoms with van der Waals surface area (Å²) in [6.45, 7) is 2.58. The van der Waals surface area contributed by atoms with Crippen LogP contribution in [0.1, 0.15) is 22.3 Å². The summed E-state index contributed by atoms with van der Waals surface area (Å²) in [6.07, 6.45) is 2.67. The van der Waals surface area contributed by atoms with Crippen LogP contribution in [0.5, 0.6) is 0 Å². The molecule has 0 amide bonds. The van der Waals surface area contributed by atoms with Crippen LogP contribution >= 0.6 is 15.9 Å². The van der Waals surface area contributed by atoms with Crippen molar-refractivity contribution in [2.24, 2.45) is 0 Å². The van der Waals surface area contributed by atoms with Crippen molar-refractivity contribution in [1.82, 2.24) is 0 Å². The van der Waals surface area contributed by atoms with Gasteiger partial charge in [-0.25, -0.2) is 0 Å². The molecule has 0 saturated carbocycles. The lowest BCUT2D eigenvalue weighted by Crippen LogP contribution is -2.04. The Hall–Kier alpha value is -1.09. The van der Waals surface area contributed by atoms with Crippen LogP contribution in [0.2, 0.25) is 0 Å². The molecule has 15 heavy (non-hydrogen) atoms. The maximum atomic E-state index is 11.9. The fraction of sp³-hybridized carbons (Fsp3) is 0.250. The van der Waals surface area contributed by atoms with Crippen LogP contribution in [-0.4, -0.2) is 12.4 Å². The summed E-state index contributed by atoms with van der Waals surface area (Å²) < 4.78 is 6.17. The molecule has 1 aliphatic rings. The van der Waals surface area contributed by atoms with Gasteiger partial charge in [-0.3, -0.25) is 4.79 Å². The number of Topliss-reactive ketones (excluding diaryl/α,β-unsaturated/α-hetero) is 1. The normalized spacial score (nSPS) is 14.7. The SMILES string of the molecule is Cc1cc(Br)cc(C(=O)C2=CCCO2)c1. The van der Waals surface area contributed by atoms with E-state index in [1.165, 1.54) is 0 Å².